The fraction of sp³-hybridized carbons (Fsp3) is 0.955. The van der Waals surface area contributed by atoms with Crippen molar-refractivity contribution in [2.24, 2.45) is 34.8 Å². The largest absolute Gasteiger partial charge is 0.382 e. The van der Waals surface area contributed by atoms with E-state index in [4.69, 9.17) is 5.73 Å². The molecule has 5 heteroatoms. The number of aliphatic hydroxyl groups excluding tert-OH is 1. The van der Waals surface area contributed by atoms with Crippen LogP contribution in [0.4, 0.5) is 0 Å². The van der Waals surface area contributed by atoms with Crippen LogP contribution in [-0.2, 0) is 4.79 Å². The standard InChI is InChI=1S/C22H38N2O2.ClH/c1-14(22-11-16-7-17(12-22)9-18(8-16)13-22)24-21(26)20(25)19(23)10-15-5-3-2-4-6-15;/h14-20,25H,2-13,23H2,1H3,(H,24,26);1H/t14?,16?,17?,18?,19-,20?,22?;/m1./s1. The first-order valence-corrected chi connectivity index (χ1v) is 11.2. The molecule has 0 aliphatic heterocycles. The molecule has 0 spiro atoms. The molecular formula is C22H39ClN2O2. The van der Waals surface area contributed by atoms with Crippen LogP contribution in [0.15, 0.2) is 0 Å². The summed E-state index contributed by atoms with van der Waals surface area (Å²) < 4.78 is 0. The Bertz CT molecular complexity index is 485. The number of hydrogen-bond donors (Lipinski definition) is 3. The Labute approximate surface area is 170 Å². The molecule has 0 radical (unpaired) electrons. The molecule has 0 heterocycles. The zero-order valence-corrected chi connectivity index (χ0v) is 17.7. The number of amides is 1. The molecule has 4 N–H and O–H groups in total. The van der Waals surface area contributed by atoms with Crippen molar-refractivity contribution in [2.45, 2.75) is 102 Å². The summed E-state index contributed by atoms with van der Waals surface area (Å²) in [6.45, 7) is 2.17. The Morgan fingerprint density at radius 1 is 1.07 bits per heavy atom. The topological polar surface area (TPSA) is 75.3 Å². The molecule has 0 aromatic heterocycles. The molecule has 0 aromatic rings. The molecule has 5 rings (SSSR count). The quantitative estimate of drug-likeness (QED) is 0.637. The second-order valence-corrected chi connectivity index (χ2v) is 10.4. The van der Waals surface area contributed by atoms with Gasteiger partial charge in [-0.1, -0.05) is 32.1 Å². The molecule has 27 heavy (non-hydrogen) atoms. The molecule has 0 saturated heterocycles. The Morgan fingerprint density at radius 3 is 2.11 bits per heavy atom. The van der Waals surface area contributed by atoms with Crippen LogP contribution in [0.5, 0.6) is 0 Å². The van der Waals surface area contributed by atoms with Gasteiger partial charge in [-0.2, -0.15) is 0 Å². The number of aliphatic hydroxyl groups is 1. The minimum absolute atomic E-state index is 0. The maximum atomic E-state index is 12.7. The lowest BCUT2D eigenvalue weighted by Crippen LogP contribution is -2.58. The fourth-order valence-corrected chi connectivity index (χ4v) is 7.29. The molecule has 4 bridgehead atoms. The number of nitrogens with two attached hydrogens (primary N) is 1. The predicted octanol–water partition coefficient (Wildman–Crippen LogP) is 3.79. The number of halogens is 1. The lowest BCUT2D eigenvalue weighted by Gasteiger charge is -2.59. The minimum atomic E-state index is -1.06. The number of hydrogen-bond acceptors (Lipinski definition) is 3. The Hall–Kier alpha value is -0.320. The monoisotopic (exact) mass is 398 g/mol. The Balaban J connectivity index is 0.00000210. The molecule has 5 aliphatic carbocycles. The zero-order chi connectivity index (χ0) is 18.3. The van der Waals surface area contributed by atoms with Crippen molar-refractivity contribution in [1.29, 1.82) is 0 Å². The van der Waals surface area contributed by atoms with Crippen LogP contribution in [-0.4, -0.2) is 29.2 Å². The highest BCUT2D eigenvalue weighted by molar-refractivity contribution is 5.85. The maximum Gasteiger partial charge on any atom is 0.250 e. The average Bonchev–Trinajstić information content (AvgIpc) is 2.60. The van der Waals surface area contributed by atoms with Gasteiger partial charge >= 0.3 is 0 Å². The molecule has 1 amide bonds. The van der Waals surface area contributed by atoms with E-state index in [1.54, 1.807) is 0 Å². The first-order valence-electron chi connectivity index (χ1n) is 11.2. The summed E-state index contributed by atoms with van der Waals surface area (Å²) in [5.41, 5.74) is 6.50. The highest BCUT2D eigenvalue weighted by Gasteiger charge is 2.53. The smallest absolute Gasteiger partial charge is 0.250 e. The van der Waals surface area contributed by atoms with E-state index >= 15 is 0 Å². The third kappa shape index (κ3) is 4.48. The summed E-state index contributed by atoms with van der Waals surface area (Å²) >= 11 is 0. The van der Waals surface area contributed by atoms with Crippen molar-refractivity contribution >= 4 is 18.3 Å². The Morgan fingerprint density at radius 2 is 1.59 bits per heavy atom. The highest BCUT2D eigenvalue weighted by Crippen LogP contribution is 2.61. The van der Waals surface area contributed by atoms with E-state index in [9.17, 15) is 9.90 Å². The van der Waals surface area contributed by atoms with Gasteiger partial charge in [0.15, 0.2) is 0 Å². The average molecular weight is 399 g/mol. The molecule has 3 atom stereocenters. The molecule has 4 nitrogen and oxygen atoms in total. The third-order valence-corrected chi connectivity index (χ3v) is 8.37. The predicted molar refractivity (Wildman–Crippen MR) is 111 cm³/mol. The zero-order valence-electron chi connectivity index (χ0n) is 16.9. The van der Waals surface area contributed by atoms with Crippen molar-refractivity contribution in [2.75, 3.05) is 0 Å². The summed E-state index contributed by atoms with van der Waals surface area (Å²) in [7, 11) is 0. The molecule has 5 aliphatic rings. The first-order chi connectivity index (χ1) is 12.4. The lowest BCUT2D eigenvalue weighted by molar-refractivity contribution is -0.135. The van der Waals surface area contributed by atoms with Gasteiger partial charge in [-0.3, -0.25) is 4.79 Å². The second-order valence-electron chi connectivity index (χ2n) is 10.4. The molecule has 2 unspecified atom stereocenters. The SMILES string of the molecule is CC(NC(=O)C(O)[C@H](N)CC1CCCCC1)C12CC3CC(CC(C3)C1)C2.Cl. The fourth-order valence-electron chi connectivity index (χ4n) is 7.29. The van der Waals surface area contributed by atoms with Crippen LogP contribution in [0.25, 0.3) is 0 Å². The van der Waals surface area contributed by atoms with Gasteiger partial charge in [0.05, 0.1) is 0 Å². The van der Waals surface area contributed by atoms with Gasteiger partial charge in [0.25, 0.3) is 5.91 Å². The van der Waals surface area contributed by atoms with Crippen LogP contribution >= 0.6 is 12.4 Å². The van der Waals surface area contributed by atoms with Gasteiger partial charge in [-0.05, 0) is 81.0 Å². The van der Waals surface area contributed by atoms with E-state index < -0.39 is 12.1 Å². The van der Waals surface area contributed by atoms with E-state index in [2.05, 4.69) is 12.2 Å². The van der Waals surface area contributed by atoms with E-state index in [1.165, 1.54) is 70.6 Å². The maximum absolute atomic E-state index is 12.7. The first kappa shape index (κ1) is 21.4. The summed E-state index contributed by atoms with van der Waals surface area (Å²) in [4.78, 5) is 12.7. The molecule has 0 aromatic carbocycles. The van der Waals surface area contributed by atoms with Crippen LogP contribution in [0, 0.1) is 29.1 Å². The molecule has 5 fully saturated rings. The van der Waals surface area contributed by atoms with Crippen LogP contribution in [0.3, 0.4) is 0 Å². The van der Waals surface area contributed by atoms with Gasteiger partial charge in [0.1, 0.15) is 6.10 Å². The number of carbonyl (C=O) groups excluding carboxylic acids is 1. The van der Waals surface area contributed by atoms with Crippen LogP contribution in [0.1, 0.15) is 84.0 Å². The second kappa shape index (κ2) is 8.59. The van der Waals surface area contributed by atoms with Gasteiger partial charge in [-0.25, -0.2) is 0 Å². The van der Waals surface area contributed by atoms with Crippen LogP contribution < -0.4 is 11.1 Å². The van der Waals surface area contributed by atoms with Gasteiger partial charge < -0.3 is 16.2 Å². The summed E-state index contributed by atoms with van der Waals surface area (Å²) in [5, 5.41) is 13.7. The minimum Gasteiger partial charge on any atom is -0.382 e. The van der Waals surface area contributed by atoms with E-state index in [0.717, 1.165) is 24.2 Å². The van der Waals surface area contributed by atoms with Gasteiger partial charge in [0, 0.05) is 12.1 Å². The van der Waals surface area contributed by atoms with Crippen molar-refractivity contribution in [3.05, 3.63) is 0 Å². The van der Waals surface area contributed by atoms with Crippen molar-refractivity contribution in [1.82, 2.24) is 5.32 Å². The molecule has 5 saturated carbocycles. The number of carbonyl (C=O) groups is 1. The van der Waals surface area contributed by atoms with Crippen LogP contribution in [0.2, 0.25) is 0 Å². The van der Waals surface area contributed by atoms with E-state index in [1.807, 2.05) is 0 Å². The normalized spacial score (nSPS) is 38.7. The third-order valence-electron chi connectivity index (χ3n) is 8.37. The molecular weight excluding hydrogens is 360 g/mol. The summed E-state index contributed by atoms with van der Waals surface area (Å²) in [5.74, 6) is 2.97. The highest BCUT2D eigenvalue weighted by atomic mass is 35.5. The lowest BCUT2D eigenvalue weighted by atomic mass is 9.48. The van der Waals surface area contributed by atoms with Gasteiger partial charge in [-0.15, -0.1) is 12.4 Å². The van der Waals surface area contributed by atoms with Crippen molar-refractivity contribution in [3.8, 4) is 0 Å². The number of rotatable bonds is 6. The summed E-state index contributed by atoms with van der Waals surface area (Å²) in [6, 6.07) is -0.276. The Kier molecular flexibility index (Phi) is 6.80. The summed E-state index contributed by atoms with van der Waals surface area (Å²) in [6.07, 6.45) is 14.0. The van der Waals surface area contributed by atoms with Crippen molar-refractivity contribution in [3.63, 3.8) is 0 Å². The number of nitrogens with one attached hydrogen (secondary N) is 1. The molecule has 156 valence electrons. The van der Waals surface area contributed by atoms with E-state index in [-0.39, 0.29) is 29.8 Å². The van der Waals surface area contributed by atoms with Gasteiger partial charge in [0.2, 0.25) is 0 Å². The van der Waals surface area contributed by atoms with Crippen molar-refractivity contribution < 1.29 is 9.90 Å². The van der Waals surface area contributed by atoms with E-state index in [0.29, 0.717) is 5.92 Å².